The molecule has 1 saturated heterocycles. The Kier molecular flexibility index (Phi) is 4.39. The topological polar surface area (TPSA) is 78.6 Å². The predicted octanol–water partition coefficient (Wildman–Crippen LogP) is 0.910. The van der Waals surface area contributed by atoms with Gasteiger partial charge >= 0.3 is 0 Å². The number of aliphatic hydroxyl groups excluding tert-OH is 1. The van der Waals surface area contributed by atoms with Gasteiger partial charge in [0, 0.05) is 17.9 Å². The van der Waals surface area contributed by atoms with Crippen LogP contribution in [0.1, 0.15) is 13.3 Å². The Bertz CT molecular complexity index is 431. The minimum absolute atomic E-state index is 0.0315. The number of hydrogen-bond donors (Lipinski definition) is 3. The maximum absolute atomic E-state index is 11.9. The quantitative estimate of drug-likeness (QED) is 0.706. The van der Waals surface area contributed by atoms with Crippen molar-refractivity contribution < 1.29 is 9.90 Å². The fourth-order valence-electron chi connectivity index (χ4n) is 2.37. The molecule has 2 atom stereocenters. The summed E-state index contributed by atoms with van der Waals surface area (Å²) in [5.74, 6) is 0.250. The van der Waals surface area contributed by atoms with E-state index in [4.69, 9.17) is 5.73 Å². The second kappa shape index (κ2) is 6.04. The molecule has 104 valence electrons. The highest BCUT2D eigenvalue weighted by molar-refractivity contribution is 5.92. The van der Waals surface area contributed by atoms with Crippen LogP contribution in [0, 0.1) is 5.92 Å². The number of nitrogens with one attached hydrogen (secondary N) is 1. The van der Waals surface area contributed by atoms with Crippen LogP contribution in [0.4, 0.5) is 11.4 Å². The summed E-state index contributed by atoms with van der Waals surface area (Å²) in [4.78, 5) is 14.0. The Balaban J connectivity index is 1.80. The number of hydrogen-bond acceptors (Lipinski definition) is 4. The van der Waals surface area contributed by atoms with Crippen LogP contribution in [0.25, 0.3) is 0 Å². The first-order valence-corrected chi connectivity index (χ1v) is 6.60. The maximum atomic E-state index is 11.9. The molecule has 1 aliphatic rings. The number of carbonyl (C=O) groups excluding carboxylic acids is 1. The molecule has 5 nitrogen and oxygen atoms in total. The molecular weight excluding hydrogens is 242 g/mol. The van der Waals surface area contributed by atoms with E-state index in [-0.39, 0.29) is 17.9 Å². The number of nitrogens with two attached hydrogens (primary N) is 1. The highest BCUT2D eigenvalue weighted by Crippen LogP contribution is 2.19. The molecule has 1 amide bonds. The van der Waals surface area contributed by atoms with Gasteiger partial charge in [-0.1, -0.05) is 0 Å². The van der Waals surface area contributed by atoms with Crippen molar-refractivity contribution in [2.45, 2.75) is 19.4 Å². The van der Waals surface area contributed by atoms with E-state index in [0.717, 1.165) is 25.2 Å². The van der Waals surface area contributed by atoms with E-state index in [0.29, 0.717) is 12.2 Å². The predicted molar refractivity (Wildman–Crippen MR) is 75.7 cm³/mol. The minimum Gasteiger partial charge on any atom is -0.399 e. The van der Waals surface area contributed by atoms with Crippen LogP contribution in [0.3, 0.4) is 0 Å². The second-order valence-corrected chi connectivity index (χ2v) is 5.19. The molecule has 0 saturated carbocycles. The molecule has 0 aromatic heterocycles. The standard InChI is InChI=1S/C14H21N3O2/c1-10(18)11-6-7-17(8-11)9-14(19)16-13-4-2-12(15)3-5-13/h2-5,10-11,18H,6-9,15H2,1H3,(H,16,19). The van der Waals surface area contributed by atoms with Crippen molar-refractivity contribution in [3.63, 3.8) is 0 Å². The first-order chi connectivity index (χ1) is 9.04. The van der Waals surface area contributed by atoms with Gasteiger partial charge in [0.15, 0.2) is 0 Å². The lowest BCUT2D eigenvalue weighted by Gasteiger charge is -2.17. The van der Waals surface area contributed by atoms with Gasteiger partial charge < -0.3 is 16.2 Å². The largest absolute Gasteiger partial charge is 0.399 e. The van der Waals surface area contributed by atoms with E-state index >= 15 is 0 Å². The second-order valence-electron chi connectivity index (χ2n) is 5.19. The van der Waals surface area contributed by atoms with Crippen LogP contribution in [0.2, 0.25) is 0 Å². The summed E-state index contributed by atoms with van der Waals surface area (Å²) in [6.07, 6.45) is 0.650. The Labute approximate surface area is 113 Å². The van der Waals surface area contributed by atoms with E-state index in [1.807, 2.05) is 6.92 Å². The Morgan fingerprint density at radius 3 is 2.79 bits per heavy atom. The molecule has 0 aliphatic carbocycles. The van der Waals surface area contributed by atoms with Crippen molar-refractivity contribution in [2.24, 2.45) is 5.92 Å². The Hall–Kier alpha value is -1.59. The van der Waals surface area contributed by atoms with Crippen molar-refractivity contribution in [2.75, 3.05) is 30.7 Å². The third-order valence-electron chi connectivity index (χ3n) is 3.55. The molecule has 1 aliphatic heterocycles. The molecule has 1 heterocycles. The maximum Gasteiger partial charge on any atom is 0.238 e. The fraction of sp³-hybridized carbons (Fsp3) is 0.500. The molecular formula is C14H21N3O2. The Morgan fingerprint density at radius 1 is 1.53 bits per heavy atom. The number of nitrogens with zero attached hydrogens (tertiary/aromatic N) is 1. The third-order valence-corrected chi connectivity index (χ3v) is 3.55. The van der Waals surface area contributed by atoms with Crippen LogP contribution in [-0.4, -0.2) is 41.7 Å². The average Bonchev–Trinajstić information content (AvgIpc) is 2.80. The van der Waals surface area contributed by atoms with Crippen LogP contribution in [0.5, 0.6) is 0 Å². The van der Waals surface area contributed by atoms with Crippen molar-refractivity contribution in [3.05, 3.63) is 24.3 Å². The van der Waals surface area contributed by atoms with Crippen molar-refractivity contribution in [1.29, 1.82) is 0 Å². The lowest BCUT2D eigenvalue weighted by molar-refractivity contribution is -0.117. The smallest absolute Gasteiger partial charge is 0.238 e. The molecule has 2 rings (SSSR count). The zero-order valence-electron chi connectivity index (χ0n) is 11.2. The SMILES string of the molecule is CC(O)C1CCN(CC(=O)Nc2ccc(N)cc2)C1. The summed E-state index contributed by atoms with van der Waals surface area (Å²) in [7, 11) is 0. The van der Waals surface area contributed by atoms with Crippen molar-refractivity contribution >= 4 is 17.3 Å². The van der Waals surface area contributed by atoms with Crippen molar-refractivity contribution in [1.82, 2.24) is 4.90 Å². The summed E-state index contributed by atoms with van der Waals surface area (Å²) in [5.41, 5.74) is 7.02. The van der Waals surface area contributed by atoms with E-state index in [1.54, 1.807) is 24.3 Å². The minimum atomic E-state index is -0.301. The van der Waals surface area contributed by atoms with Gasteiger partial charge in [-0.3, -0.25) is 9.69 Å². The highest BCUT2D eigenvalue weighted by atomic mass is 16.3. The summed E-state index contributed by atoms with van der Waals surface area (Å²) in [6, 6.07) is 7.09. The molecule has 2 unspecified atom stereocenters. The van der Waals surface area contributed by atoms with E-state index in [1.165, 1.54) is 0 Å². The van der Waals surface area contributed by atoms with E-state index in [2.05, 4.69) is 10.2 Å². The fourth-order valence-corrected chi connectivity index (χ4v) is 2.37. The van der Waals surface area contributed by atoms with Crippen LogP contribution < -0.4 is 11.1 Å². The number of anilines is 2. The molecule has 0 bridgehead atoms. The normalized spacial score (nSPS) is 21.3. The van der Waals surface area contributed by atoms with Crippen molar-refractivity contribution in [3.8, 4) is 0 Å². The number of likely N-dealkylation sites (tertiary alicyclic amines) is 1. The van der Waals surface area contributed by atoms with Gasteiger partial charge in [0.2, 0.25) is 5.91 Å². The lowest BCUT2D eigenvalue weighted by Crippen LogP contribution is -2.32. The Morgan fingerprint density at radius 2 is 2.21 bits per heavy atom. The molecule has 1 aromatic rings. The number of benzene rings is 1. The zero-order valence-corrected chi connectivity index (χ0v) is 11.2. The highest BCUT2D eigenvalue weighted by Gasteiger charge is 2.26. The van der Waals surface area contributed by atoms with Gasteiger partial charge in [-0.15, -0.1) is 0 Å². The molecule has 19 heavy (non-hydrogen) atoms. The van der Waals surface area contributed by atoms with Gasteiger partial charge in [-0.2, -0.15) is 0 Å². The third kappa shape index (κ3) is 3.94. The first-order valence-electron chi connectivity index (χ1n) is 6.60. The van der Waals surface area contributed by atoms with E-state index in [9.17, 15) is 9.90 Å². The summed E-state index contributed by atoms with van der Waals surface area (Å²) in [6.45, 7) is 3.83. The number of aliphatic hydroxyl groups is 1. The number of nitrogen functional groups attached to an aromatic ring is 1. The monoisotopic (exact) mass is 263 g/mol. The summed E-state index contributed by atoms with van der Waals surface area (Å²) in [5, 5.41) is 12.4. The number of rotatable bonds is 4. The molecule has 1 aromatic carbocycles. The number of amides is 1. The van der Waals surface area contributed by atoms with Gasteiger partial charge in [0.1, 0.15) is 0 Å². The van der Waals surface area contributed by atoms with E-state index < -0.39 is 0 Å². The number of carbonyl (C=O) groups is 1. The average molecular weight is 263 g/mol. The zero-order chi connectivity index (χ0) is 13.8. The van der Waals surface area contributed by atoms with Gasteiger partial charge in [-0.05, 0) is 50.1 Å². The first kappa shape index (κ1) is 13.8. The molecule has 4 N–H and O–H groups in total. The molecule has 0 radical (unpaired) electrons. The summed E-state index contributed by atoms with van der Waals surface area (Å²) < 4.78 is 0. The molecule has 5 heteroatoms. The van der Waals surface area contributed by atoms with Gasteiger partial charge in [0.25, 0.3) is 0 Å². The summed E-state index contributed by atoms with van der Waals surface area (Å²) >= 11 is 0. The van der Waals surface area contributed by atoms with Gasteiger partial charge in [0.05, 0.1) is 12.6 Å². The van der Waals surface area contributed by atoms with Crippen LogP contribution in [0.15, 0.2) is 24.3 Å². The molecule has 0 spiro atoms. The molecule has 1 fully saturated rings. The van der Waals surface area contributed by atoms with Gasteiger partial charge in [-0.25, -0.2) is 0 Å². The lowest BCUT2D eigenvalue weighted by atomic mass is 10.0. The van der Waals surface area contributed by atoms with Crippen LogP contribution >= 0.6 is 0 Å². The van der Waals surface area contributed by atoms with Crippen LogP contribution in [-0.2, 0) is 4.79 Å².